The monoisotopic (exact) mass is 356 g/mol. The number of hydrogen-bond donors (Lipinski definition) is 1. The van der Waals surface area contributed by atoms with Crippen LogP contribution in [0.2, 0.25) is 5.02 Å². The second kappa shape index (κ2) is 7.70. The number of nitrogens with one attached hydrogen (secondary N) is 1. The Morgan fingerprint density at radius 1 is 1.20 bits per heavy atom. The molecule has 3 rings (SSSR count). The van der Waals surface area contributed by atoms with Crippen molar-refractivity contribution in [1.82, 2.24) is 5.32 Å². The minimum Gasteiger partial charge on any atom is -0.355 e. The molecule has 130 valence electrons. The van der Waals surface area contributed by atoms with Gasteiger partial charge in [0.2, 0.25) is 11.8 Å². The van der Waals surface area contributed by atoms with E-state index >= 15 is 0 Å². The molecule has 0 spiro atoms. The van der Waals surface area contributed by atoms with Crippen molar-refractivity contribution in [3.63, 3.8) is 0 Å². The van der Waals surface area contributed by atoms with Crippen LogP contribution in [0.1, 0.15) is 24.8 Å². The highest BCUT2D eigenvalue weighted by Crippen LogP contribution is 2.26. The highest BCUT2D eigenvalue weighted by molar-refractivity contribution is 6.30. The van der Waals surface area contributed by atoms with E-state index in [-0.39, 0.29) is 30.1 Å². The first kappa shape index (κ1) is 17.5. The van der Waals surface area contributed by atoms with Gasteiger partial charge in [0.25, 0.3) is 0 Å². The van der Waals surface area contributed by atoms with E-state index in [4.69, 9.17) is 11.6 Å². The summed E-state index contributed by atoms with van der Waals surface area (Å²) in [5.41, 5.74) is 1.97. The van der Waals surface area contributed by atoms with Crippen LogP contribution >= 0.6 is 11.6 Å². The predicted octanol–water partition coefficient (Wildman–Crippen LogP) is 3.61. The van der Waals surface area contributed by atoms with Gasteiger partial charge in [-0.3, -0.25) is 9.59 Å². The predicted molar refractivity (Wildman–Crippen MR) is 99.8 cm³/mol. The van der Waals surface area contributed by atoms with Crippen LogP contribution in [0.5, 0.6) is 0 Å². The Labute approximate surface area is 152 Å². The molecule has 0 radical (unpaired) electrons. The van der Waals surface area contributed by atoms with E-state index in [1.165, 1.54) is 5.56 Å². The number of rotatable bonds is 5. The summed E-state index contributed by atoms with van der Waals surface area (Å²) in [7, 11) is 0. The molecule has 2 aromatic rings. The lowest BCUT2D eigenvalue weighted by Crippen LogP contribution is -2.35. The molecular weight excluding hydrogens is 336 g/mol. The Balaban J connectivity index is 1.56. The number of amides is 2. The summed E-state index contributed by atoms with van der Waals surface area (Å²) in [4.78, 5) is 26.3. The topological polar surface area (TPSA) is 49.4 Å². The van der Waals surface area contributed by atoms with Crippen LogP contribution in [0.3, 0.4) is 0 Å². The molecule has 1 aliphatic rings. The van der Waals surface area contributed by atoms with Gasteiger partial charge in [0.05, 0.1) is 5.92 Å². The summed E-state index contributed by atoms with van der Waals surface area (Å²) < 4.78 is 0. The first-order valence-electron chi connectivity index (χ1n) is 8.43. The van der Waals surface area contributed by atoms with Gasteiger partial charge in [-0.25, -0.2) is 0 Å². The van der Waals surface area contributed by atoms with Gasteiger partial charge in [-0.1, -0.05) is 48.9 Å². The zero-order valence-electron chi connectivity index (χ0n) is 14.1. The van der Waals surface area contributed by atoms with Crippen molar-refractivity contribution in [3.8, 4) is 0 Å². The van der Waals surface area contributed by atoms with Crippen molar-refractivity contribution < 1.29 is 9.59 Å². The lowest BCUT2D eigenvalue weighted by molar-refractivity contribution is -0.126. The molecule has 1 fully saturated rings. The molecule has 0 unspecified atom stereocenters. The Bertz CT molecular complexity index is 746. The van der Waals surface area contributed by atoms with E-state index in [1.807, 2.05) is 18.2 Å². The molecule has 1 aliphatic heterocycles. The average Bonchev–Trinajstić information content (AvgIpc) is 3.02. The number of benzene rings is 2. The fraction of sp³-hybridized carbons (Fsp3) is 0.300. The number of carbonyl (C=O) groups is 2. The van der Waals surface area contributed by atoms with Crippen LogP contribution in [0.25, 0.3) is 0 Å². The Kier molecular flexibility index (Phi) is 5.39. The molecule has 1 heterocycles. The van der Waals surface area contributed by atoms with Gasteiger partial charge >= 0.3 is 0 Å². The second-order valence-electron chi connectivity index (χ2n) is 6.44. The SMILES string of the molecule is C[C@@H](CNC(=O)[C@@H]1CC(=O)N(c2ccc(Cl)cc2)C1)c1ccccc1. The molecule has 2 amide bonds. The highest BCUT2D eigenvalue weighted by atomic mass is 35.5. The molecule has 1 N–H and O–H groups in total. The molecule has 1 saturated heterocycles. The van der Waals surface area contributed by atoms with Gasteiger partial charge in [0, 0.05) is 30.2 Å². The van der Waals surface area contributed by atoms with Gasteiger partial charge in [0.15, 0.2) is 0 Å². The molecular formula is C20H21ClN2O2. The maximum Gasteiger partial charge on any atom is 0.227 e. The maximum absolute atomic E-state index is 12.4. The molecule has 4 nitrogen and oxygen atoms in total. The third-order valence-electron chi connectivity index (χ3n) is 4.59. The van der Waals surface area contributed by atoms with Crippen LogP contribution in [0.4, 0.5) is 5.69 Å². The number of anilines is 1. The van der Waals surface area contributed by atoms with Crippen LogP contribution in [-0.4, -0.2) is 24.9 Å². The van der Waals surface area contributed by atoms with Crippen molar-refractivity contribution in [2.45, 2.75) is 19.3 Å². The Morgan fingerprint density at radius 3 is 2.56 bits per heavy atom. The largest absolute Gasteiger partial charge is 0.355 e. The van der Waals surface area contributed by atoms with E-state index in [1.54, 1.807) is 29.2 Å². The van der Waals surface area contributed by atoms with Crippen molar-refractivity contribution in [2.24, 2.45) is 5.92 Å². The third-order valence-corrected chi connectivity index (χ3v) is 4.84. The van der Waals surface area contributed by atoms with E-state index in [9.17, 15) is 9.59 Å². The zero-order valence-corrected chi connectivity index (χ0v) is 14.9. The smallest absolute Gasteiger partial charge is 0.227 e. The lowest BCUT2D eigenvalue weighted by Gasteiger charge is -2.18. The quantitative estimate of drug-likeness (QED) is 0.889. The molecule has 2 atom stereocenters. The molecule has 25 heavy (non-hydrogen) atoms. The van der Waals surface area contributed by atoms with Gasteiger partial charge in [0.1, 0.15) is 0 Å². The molecule has 2 aromatic carbocycles. The summed E-state index contributed by atoms with van der Waals surface area (Å²) in [6.07, 6.45) is 0.244. The van der Waals surface area contributed by atoms with Gasteiger partial charge in [-0.2, -0.15) is 0 Å². The highest BCUT2D eigenvalue weighted by Gasteiger charge is 2.35. The lowest BCUT2D eigenvalue weighted by atomic mass is 10.0. The van der Waals surface area contributed by atoms with Gasteiger partial charge in [-0.15, -0.1) is 0 Å². The van der Waals surface area contributed by atoms with E-state index < -0.39 is 0 Å². The number of hydrogen-bond acceptors (Lipinski definition) is 2. The van der Waals surface area contributed by atoms with Crippen LogP contribution in [-0.2, 0) is 9.59 Å². The van der Waals surface area contributed by atoms with Crippen molar-refractivity contribution >= 4 is 29.1 Å². The van der Waals surface area contributed by atoms with Crippen LogP contribution in [0, 0.1) is 5.92 Å². The summed E-state index contributed by atoms with van der Waals surface area (Å²) in [6.45, 7) is 3.05. The number of carbonyl (C=O) groups excluding carboxylic acids is 2. The van der Waals surface area contributed by atoms with E-state index in [0.29, 0.717) is 18.1 Å². The average molecular weight is 357 g/mol. The van der Waals surface area contributed by atoms with Crippen LogP contribution in [0.15, 0.2) is 54.6 Å². The number of halogens is 1. The third kappa shape index (κ3) is 4.20. The Hall–Kier alpha value is -2.33. The summed E-state index contributed by atoms with van der Waals surface area (Å²) >= 11 is 5.89. The van der Waals surface area contributed by atoms with E-state index in [2.05, 4.69) is 24.4 Å². The molecule has 0 saturated carbocycles. The summed E-state index contributed by atoms with van der Waals surface area (Å²) in [5, 5.41) is 3.61. The zero-order chi connectivity index (χ0) is 17.8. The van der Waals surface area contributed by atoms with E-state index in [0.717, 1.165) is 5.69 Å². The minimum absolute atomic E-state index is 0.0291. The fourth-order valence-electron chi connectivity index (χ4n) is 3.05. The first-order chi connectivity index (χ1) is 12.0. The normalized spacial score (nSPS) is 18.2. The van der Waals surface area contributed by atoms with Gasteiger partial charge < -0.3 is 10.2 Å². The standard InChI is InChI=1S/C20H21ClN2O2/c1-14(15-5-3-2-4-6-15)12-22-20(25)16-11-19(24)23(13-16)18-9-7-17(21)8-10-18/h2-10,14,16H,11-13H2,1H3,(H,22,25)/t14-,16+/m0/s1. The maximum atomic E-state index is 12.4. The van der Waals surface area contributed by atoms with Crippen molar-refractivity contribution in [3.05, 3.63) is 65.2 Å². The first-order valence-corrected chi connectivity index (χ1v) is 8.81. The summed E-state index contributed by atoms with van der Waals surface area (Å²) in [5.74, 6) is -0.174. The van der Waals surface area contributed by atoms with Gasteiger partial charge in [-0.05, 0) is 35.7 Å². The molecule has 5 heteroatoms. The second-order valence-corrected chi connectivity index (χ2v) is 6.88. The molecule has 0 aliphatic carbocycles. The number of nitrogens with zero attached hydrogens (tertiary/aromatic N) is 1. The van der Waals surface area contributed by atoms with Crippen LogP contribution < -0.4 is 10.2 Å². The fourth-order valence-corrected chi connectivity index (χ4v) is 3.18. The minimum atomic E-state index is -0.314. The van der Waals surface area contributed by atoms with Crippen molar-refractivity contribution in [2.75, 3.05) is 18.0 Å². The molecule has 0 aromatic heterocycles. The Morgan fingerprint density at radius 2 is 1.88 bits per heavy atom. The summed E-state index contributed by atoms with van der Waals surface area (Å²) in [6, 6.07) is 17.2. The van der Waals surface area contributed by atoms with Crippen molar-refractivity contribution in [1.29, 1.82) is 0 Å². The molecule has 0 bridgehead atoms.